The van der Waals surface area contributed by atoms with Crippen LogP contribution in [0.4, 0.5) is 17.1 Å². The van der Waals surface area contributed by atoms with E-state index in [9.17, 15) is 10.1 Å². The van der Waals surface area contributed by atoms with Gasteiger partial charge in [0, 0.05) is 18.7 Å². The van der Waals surface area contributed by atoms with E-state index < -0.39 is 4.92 Å². The van der Waals surface area contributed by atoms with Crippen molar-refractivity contribution in [1.82, 2.24) is 0 Å². The average Bonchev–Trinajstić information content (AvgIpc) is 2.89. The van der Waals surface area contributed by atoms with Gasteiger partial charge in [0.2, 0.25) is 0 Å². The SMILES string of the molecule is Nc1cc([N+](=O)[O-])ccc1NCCOC1CCCC1. The molecule has 1 fully saturated rings. The molecule has 3 N–H and O–H groups in total. The van der Waals surface area contributed by atoms with Crippen LogP contribution in [0, 0.1) is 10.1 Å². The minimum Gasteiger partial charge on any atom is -0.397 e. The van der Waals surface area contributed by atoms with Crippen LogP contribution in [-0.2, 0) is 4.74 Å². The molecule has 0 radical (unpaired) electrons. The maximum absolute atomic E-state index is 10.6. The predicted octanol–water partition coefficient (Wildman–Crippen LogP) is 2.55. The number of nitrogens with zero attached hydrogens (tertiary/aromatic N) is 1. The number of nitro benzene ring substituents is 1. The number of hydrogen-bond acceptors (Lipinski definition) is 5. The molecule has 1 aromatic carbocycles. The summed E-state index contributed by atoms with van der Waals surface area (Å²) in [5.41, 5.74) is 6.85. The Labute approximate surface area is 112 Å². The highest BCUT2D eigenvalue weighted by Crippen LogP contribution is 2.24. The normalized spacial score (nSPS) is 15.6. The van der Waals surface area contributed by atoms with Crippen molar-refractivity contribution in [3.63, 3.8) is 0 Å². The van der Waals surface area contributed by atoms with Crippen LogP contribution in [0.2, 0.25) is 0 Å². The Balaban J connectivity index is 1.77. The lowest BCUT2D eigenvalue weighted by molar-refractivity contribution is -0.384. The summed E-state index contributed by atoms with van der Waals surface area (Å²) in [6, 6.07) is 4.43. The minimum atomic E-state index is -0.455. The zero-order valence-electron chi connectivity index (χ0n) is 10.8. The van der Waals surface area contributed by atoms with Crippen LogP contribution in [0.3, 0.4) is 0 Å². The van der Waals surface area contributed by atoms with Gasteiger partial charge in [0.15, 0.2) is 0 Å². The summed E-state index contributed by atoms with van der Waals surface area (Å²) in [7, 11) is 0. The molecule has 0 bridgehead atoms. The predicted molar refractivity (Wildman–Crippen MR) is 74.2 cm³/mol. The molecule has 0 aromatic heterocycles. The number of anilines is 2. The third-order valence-corrected chi connectivity index (χ3v) is 3.32. The van der Waals surface area contributed by atoms with Crippen molar-refractivity contribution in [3.05, 3.63) is 28.3 Å². The molecule has 0 aliphatic heterocycles. The Morgan fingerprint density at radius 1 is 1.42 bits per heavy atom. The Hall–Kier alpha value is -1.82. The number of nitrogens with one attached hydrogen (secondary N) is 1. The van der Waals surface area contributed by atoms with Crippen LogP contribution in [0.1, 0.15) is 25.7 Å². The van der Waals surface area contributed by atoms with Crippen LogP contribution < -0.4 is 11.1 Å². The first-order valence-electron chi connectivity index (χ1n) is 6.56. The summed E-state index contributed by atoms with van der Waals surface area (Å²) in [4.78, 5) is 10.1. The maximum Gasteiger partial charge on any atom is 0.271 e. The third kappa shape index (κ3) is 3.82. The van der Waals surface area contributed by atoms with E-state index in [-0.39, 0.29) is 5.69 Å². The van der Waals surface area contributed by atoms with Gasteiger partial charge in [-0.05, 0) is 18.9 Å². The molecular weight excluding hydrogens is 246 g/mol. The lowest BCUT2D eigenvalue weighted by Gasteiger charge is -2.13. The van der Waals surface area contributed by atoms with Crippen LogP contribution in [0.25, 0.3) is 0 Å². The molecule has 1 saturated carbocycles. The van der Waals surface area contributed by atoms with Crippen molar-refractivity contribution in [2.24, 2.45) is 0 Å². The summed E-state index contributed by atoms with van der Waals surface area (Å²) in [6.45, 7) is 1.28. The van der Waals surface area contributed by atoms with Gasteiger partial charge in [-0.3, -0.25) is 10.1 Å². The fourth-order valence-electron chi connectivity index (χ4n) is 2.29. The highest BCUT2D eigenvalue weighted by atomic mass is 16.6. The first-order chi connectivity index (χ1) is 9.16. The van der Waals surface area contributed by atoms with Gasteiger partial charge in [-0.25, -0.2) is 0 Å². The molecule has 2 rings (SSSR count). The smallest absolute Gasteiger partial charge is 0.271 e. The Morgan fingerprint density at radius 3 is 2.79 bits per heavy atom. The van der Waals surface area contributed by atoms with Crippen molar-refractivity contribution < 1.29 is 9.66 Å². The zero-order chi connectivity index (χ0) is 13.7. The molecule has 1 aromatic rings. The second kappa shape index (κ2) is 6.38. The number of nitrogens with two attached hydrogens (primary N) is 1. The maximum atomic E-state index is 10.6. The van der Waals surface area contributed by atoms with Gasteiger partial charge < -0.3 is 15.8 Å². The van der Waals surface area contributed by atoms with Gasteiger partial charge >= 0.3 is 0 Å². The van der Waals surface area contributed by atoms with Gasteiger partial charge in [0.1, 0.15) is 0 Å². The van der Waals surface area contributed by atoms with E-state index in [1.54, 1.807) is 6.07 Å². The van der Waals surface area contributed by atoms with E-state index in [1.165, 1.54) is 25.0 Å². The van der Waals surface area contributed by atoms with Crippen LogP contribution in [0.15, 0.2) is 18.2 Å². The topological polar surface area (TPSA) is 90.4 Å². The van der Waals surface area contributed by atoms with E-state index in [1.807, 2.05) is 0 Å². The summed E-state index contributed by atoms with van der Waals surface area (Å²) in [5.74, 6) is 0. The van der Waals surface area contributed by atoms with Crippen molar-refractivity contribution in [1.29, 1.82) is 0 Å². The highest BCUT2D eigenvalue weighted by Gasteiger charge is 2.14. The van der Waals surface area contributed by atoms with Crippen molar-refractivity contribution in [2.75, 3.05) is 24.2 Å². The van der Waals surface area contributed by atoms with Gasteiger partial charge in [-0.15, -0.1) is 0 Å². The first kappa shape index (κ1) is 13.6. The molecule has 0 unspecified atom stereocenters. The molecule has 19 heavy (non-hydrogen) atoms. The third-order valence-electron chi connectivity index (χ3n) is 3.32. The van der Waals surface area contributed by atoms with E-state index in [0.29, 0.717) is 30.6 Å². The number of nitro groups is 1. The van der Waals surface area contributed by atoms with Gasteiger partial charge in [0.05, 0.1) is 29.0 Å². The van der Waals surface area contributed by atoms with Gasteiger partial charge in [-0.2, -0.15) is 0 Å². The number of ether oxygens (including phenoxy) is 1. The zero-order valence-corrected chi connectivity index (χ0v) is 10.8. The molecule has 0 saturated heterocycles. The van der Waals surface area contributed by atoms with Gasteiger partial charge in [0.25, 0.3) is 5.69 Å². The minimum absolute atomic E-state index is 0.00487. The number of non-ortho nitro benzene ring substituents is 1. The molecule has 1 aliphatic rings. The number of rotatable bonds is 6. The molecule has 0 amide bonds. The van der Waals surface area contributed by atoms with E-state index in [2.05, 4.69) is 5.32 Å². The van der Waals surface area contributed by atoms with Crippen molar-refractivity contribution in [3.8, 4) is 0 Å². The molecule has 0 heterocycles. The molecule has 104 valence electrons. The Morgan fingerprint density at radius 2 is 2.16 bits per heavy atom. The molecule has 6 nitrogen and oxygen atoms in total. The summed E-state index contributed by atoms with van der Waals surface area (Å²) < 4.78 is 5.71. The molecular formula is C13H19N3O3. The Bertz CT molecular complexity index is 445. The first-order valence-corrected chi connectivity index (χ1v) is 6.56. The largest absolute Gasteiger partial charge is 0.397 e. The van der Waals surface area contributed by atoms with Crippen LogP contribution in [0.5, 0.6) is 0 Å². The average molecular weight is 265 g/mol. The quantitative estimate of drug-likeness (QED) is 0.357. The monoisotopic (exact) mass is 265 g/mol. The fraction of sp³-hybridized carbons (Fsp3) is 0.538. The van der Waals surface area contributed by atoms with E-state index in [4.69, 9.17) is 10.5 Å². The second-order valence-corrected chi connectivity index (χ2v) is 4.73. The highest BCUT2D eigenvalue weighted by molar-refractivity contribution is 5.69. The molecule has 0 atom stereocenters. The van der Waals surface area contributed by atoms with Crippen molar-refractivity contribution >= 4 is 17.1 Å². The summed E-state index contributed by atoms with van der Waals surface area (Å²) >= 11 is 0. The van der Waals surface area contributed by atoms with Crippen molar-refractivity contribution in [2.45, 2.75) is 31.8 Å². The lowest BCUT2D eigenvalue weighted by Crippen LogP contribution is -2.15. The van der Waals surface area contributed by atoms with Crippen LogP contribution >= 0.6 is 0 Å². The molecule has 6 heteroatoms. The Kier molecular flexibility index (Phi) is 4.57. The number of nitrogen functional groups attached to an aromatic ring is 1. The second-order valence-electron chi connectivity index (χ2n) is 4.73. The molecule has 1 aliphatic carbocycles. The summed E-state index contributed by atoms with van der Waals surface area (Å²) in [5, 5.41) is 13.7. The standard InChI is InChI=1S/C13H19N3O3/c14-12-9-10(16(17)18)5-6-13(12)15-7-8-19-11-3-1-2-4-11/h5-6,9,11,15H,1-4,7-8,14H2. The van der Waals surface area contributed by atoms with Gasteiger partial charge in [-0.1, -0.05) is 12.8 Å². The summed E-state index contributed by atoms with van der Waals surface area (Å²) in [6.07, 6.45) is 5.22. The molecule has 0 spiro atoms. The van der Waals surface area contributed by atoms with Crippen LogP contribution in [-0.4, -0.2) is 24.2 Å². The van der Waals surface area contributed by atoms with E-state index in [0.717, 1.165) is 12.8 Å². The number of hydrogen-bond donors (Lipinski definition) is 2. The lowest BCUT2D eigenvalue weighted by atomic mass is 10.2. The fourth-order valence-corrected chi connectivity index (χ4v) is 2.29. The number of benzene rings is 1. The van der Waals surface area contributed by atoms with E-state index >= 15 is 0 Å².